The van der Waals surface area contributed by atoms with Crippen LogP contribution < -0.4 is 0 Å². The van der Waals surface area contributed by atoms with E-state index in [1.807, 2.05) is 0 Å². The van der Waals surface area contributed by atoms with E-state index in [-0.39, 0.29) is 10.6 Å². The van der Waals surface area contributed by atoms with Crippen LogP contribution in [0.15, 0.2) is 0 Å². The minimum absolute atomic E-state index is 0.183. The van der Waals surface area contributed by atoms with Gasteiger partial charge in [0.25, 0.3) is 0 Å². The summed E-state index contributed by atoms with van der Waals surface area (Å²) in [6.45, 7) is 2.23. The number of aromatic nitrogens is 3. The summed E-state index contributed by atoms with van der Waals surface area (Å²) in [6, 6.07) is 0. The van der Waals surface area contributed by atoms with Crippen molar-refractivity contribution in [1.82, 2.24) is 15.0 Å². The molecule has 0 amide bonds. The monoisotopic (exact) mass is 275 g/mol. The molecule has 0 radical (unpaired) electrons. The lowest BCUT2D eigenvalue weighted by Crippen LogP contribution is -1.98. The number of aryl methyl sites for hydroxylation is 1. The molecule has 0 spiro atoms. The van der Waals surface area contributed by atoms with Crippen molar-refractivity contribution in [2.24, 2.45) is 0 Å². The summed E-state index contributed by atoms with van der Waals surface area (Å²) >= 11 is 11.4. The fourth-order valence-electron chi connectivity index (χ4n) is 1.72. The second kappa shape index (κ2) is 8.65. The Morgan fingerprint density at radius 2 is 1.29 bits per heavy atom. The number of nitrogens with zero attached hydrogens (tertiary/aromatic N) is 3. The molecule has 0 atom stereocenters. The van der Waals surface area contributed by atoms with Crippen LogP contribution in [0.5, 0.6) is 0 Å². The van der Waals surface area contributed by atoms with Crippen molar-refractivity contribution in [2.75, 3.05) is 0 Å². The van der Waals surface area contributed by atoms with E-state index in [0.29, 0.717) is 5.82 Å². The summed E-state index contributed by atoms with van der Waals surface area (Å²) < 4.78 is 0. The van der Waals surface area contributed by atoms with Crippen LogP contribution in [0, 0.1) is 0 Å². The summed E-state index contributed by atoms with van der Waals surface area (Å²) in [5, 5.41) is 0.367. The van der Waals surface area contributed by atoms with E-state index >= 15 is 0 Å². The van der Waals surface area contributed by atoms with Crippen molar-refractivity contribution < 1.29 is 0 Å². The molecule has 1 rings (SSSR count). The Kier molecular flexibility index (Phi) is 7.45. The second-order valence-electron chi connectivity index (χ2n) is 4.16. The summed E-state index contributed by atoms with van der Waals surface area (Å²) in [5.74, 6) is 0.698. The van der Waals surface area contributed by atoms with Crippen LogP contribution in [0.25, 0.3) is 0 Å². The summed E-state index contributed by atoms with van der Waals surface area (Å²) in [5.41, 5.74) is 0. The zero-order valence-electron chi connectivity index (χ0n) is 10.3. The fraction of sp³-hybridized carbons (Fsp3) is 0.750. The lowest BCUT2D eigenvalue weighted by molar-refractivity contribution is 0.584. The molecule has 1 aromatic heterocycles. The molecule has 0 saturated carbocycles. The molecule has 5 heteroatoms. The Labute approximate surface area is 113 Å². The first-order valence-electron chi connectivity index (χ1n) is 6.28. The average molecular weight is 276 g/mol. The van der Waals surface area contributed by atoms with E-state index < -0.39 is 0 Å². The molecule has 0 aliphatic carbocycles. The van der Waals surface area contributed by atoms with Crippen molar-refractivity contribution in [3.63, 3.8) is 0 Å². The maximum absolute atomic E-state index is 5.70. The van der Waals surface area contributed by atoms with Crippen LogP contribution in [0.4, 0.5) is 0 Å². The average Bonchev–Trinajstić information content (AvgIpc) is 2.26. The van der Waals surface area contributed by atoms with Crippen molar-refractivity contribution in [3.8, 4) is 0 Å². The number of rotatable bonds is 8. The van der Waals surface area contributed by atoms with E-state index in [9.17, 15) is 0 Å². The SMILES string of the molecule is CCCCCCCCCc1nc(Cl)nc(Cl)n1. The zero-order chi connectivity index (χ0) is 12.5. The molecular weight excluding hydrogens is 257 g/mol. The highest BCUT2D eigenvalue weighted by Crippen LogP contribution is 2.11. The first kappa shape index (κ1) is 14.7. The number of hydrogen-bond donors (Lipinski definition) is 0. The Balaban J connectivity index is 2.13. The Bertz CT molecular complexity index is 311. The minimum Gasteiger partial charge on any atom is -0.203 e. The van der Waals surface area contributed by atoms with Crippen LogP contribution in [-0.4, -0.2) is 15.0 Å². The largest absolute Gasteiger partial charge is 0.226 e. The van der Waals surface area contributed by atoms with Gasteiger partial charge >= 0.3 is 0 Å². The molecule has 1 heterocycles. The first-order chi connectivity index (χ1) is 8.22. The third kappa shape index (κ3) is 6.79. The Hall–Kier alpha value is -0.410. The maximum atomic E-state index is 5.70. The molecule has 1 aromatic rings. The third-order valence-corrected chi connectivity index (χ3v) is 2.97. The number of halogens is 2. The molecule has 17 heavy (non-hydrogen) atoms. The lowest BCUT2D eigenvalue weighted by atomic mass is 10.1. The normalized spacial score (nSPS) is 10.8. The molecule has 0 aliphatic heterocycles. The van der Waals surface area contributed by atoms with Crippen molar-refractivity contribution in [3.05, 3.63) is 16.4 Å². The van der Waals surface area contributed by atoms with Crippen LogP contribution >= 0.6 is 23.2 Å². The van der Waals surface area contributed by atoms with Gasteiger partial charge < -0.3 is 0 Å². The molecule has 3 nitrogen and oxygen atoms in total. The quantitative estimate of drug-likeness (QED) is 0.657. The van der Waals surface area contributed by atoms with Crippen molar-refractivity contribution in [1.29, 1.82) is 0 Å². The summed E-state index contributed by atoms with van der Waals surface area (Å²) in [7, 11) is 0. The van der Waals surface area contributed by atoms with Gasteiger partial charge in [-0.3, -0.25) is 0 Å². The van der Waals surface area contributed by atoms with Crippen LogP contribution in [0.3, 0.4) is 0 Å². The van der Waals surface area contributed by atoms with E-state index in [4.69, 9.17) is 23.2 Å². The van der Waals surface area contributed by atoms with Gasteiger partial charge in [-0.2, -0.15) is 4.98 Å². The number of hydrogen-bond acceptors (Lipinski definition) is 3. The summed E-state index contributed by atoms with van der Waals surface area (Å²) in [6.07, 6.45) is 9.72. The van der Waals surface area contributed by atoms with Crippen LogP contribution in [0.1, 0.15) is 57.7 Å². The smallest absolute Gasteiger partial charge is 0.203 e. The standard InChI is InChI=1S/C12H19Cl2N3/c1-2-3-4-5-6-7-8-9-10-15-11(13)17-12(14)16-10/h2-9H2,1H3. The van der Waals surface area contributed by atoms with Gasteiger partial charge in [-0.25, -0.2) is 9.97 Å². The van der Waals surface area contributed by atoms with Crippen molar-refractivity contribution >= 4 is 23.2 Å². The van der Waals surface area contributed by atoms with Gasteiger partial charge in [0, 0.05) is 6.42 Å². The predicted molar refractivity (Wildman–Crippen MR) is 71.5 cm³/mol. The molecule has 0 bridgehead atoms. The lowest BCUT2D eigenvalue weighted by Gasteiger charge is -2.01. The Morgan fingerprint density at radius 3 is 1.88 bits per heavy atom. The van der Waals surface area contributed by atoms with Gasteiger partial charge in [0.1, 0.15) is 5.82 Å². The second-order valence-corrected chi connectivity index (χ2v) is 4.84. The topological polar surface area (TPSA) is 38.7 Å². The van der Waals surface area contributed by atoms with Crippen LogP contribution in [0.2, 0.25) is 10.6 Å². The van der Waals surface area contributed by atoms with E-state index in [1.165, 1.54) is 38.5 Å². The predicted octanol–water partition coefficient (Wildman–Crippen LogP) is 4.47. The van der Waals surface area contributed by atoms with Crippen molar-refractivity contribution in [2.45, 2.75) is 58.3 Å². The molecule has 0 saturated heterocycles. The highest BCUT2D eigenvalue weighted by atomic mass is 35.5. The molecule has 0 aliphatic rings. The Morgan fingerprint density at radius 1 is 0.765 bits per heavy atom. The van der Waals surface area contributed by atoms with E-state index in [1.54, 1.807) is 0 Å². The van der Waals surface area contributed by atoms with Gasteiger partial charge in [0.15, 0.2) is 0 Å². The molecule has 0 aromatic carbocycles. The number of unbranched alkanes of at least 4 members (excludes halogenated alkanes) is 6. The van der Waals surface area contributed by atoms with Gasteiger partial charge in [0.2, 0.25) is 10.6 Å². The highest BCUT2D eigenvalue weighted by Gasteiger charge is 2.02. The van der Waals surface area contributed by atoms with Gasteiger partial charge in [-0.1, -0.05) is 45.4 Å². The molecular formula is C12H19Cl2N3. The molecule has 0 unspecified atom stereocenters. The third-order valence-electron chi connectivity index (χ3n) is 2.63. The van der Waals surface area contributed by atoms with Gasteiger partial charge in [-0.05, 0) is 29.6 Å². The zero-order valence-corrected chi connectivity index (χ0v) is 11.8. The molecule has 0 fully saturated rings. The molecule has 96 valence electrons. The van der Waals surface area contributed by atoms with Gasteiger partial charge in [0.05, 0.1) is 0 Å². The highest BCUT2D eigenvalue weighted by molar-refractivity contribution is 6.30. The first-order valence-corrected chi connectivity index (χ1v) is 7.04. The van der Waals surface area contributed by atoms with Gasteiger partial charge in [-0.15, -0.1) is 0 Å². The summed E-state index contributed by atoms with van der Waals surface area (Å²) in [4.78, 5) is 11.8. The molecule has 0 N–H and O–H groups in total. The minimum atomic E-state index is 0.183. The van der Waals surface area contributed by atoms with E-state index in [2.05, 4.69) is 21.9 Å². The fourth-order valence-corrected chi connectivity index (χ4v) is 2.11. The maximum Gasteiger partial charge on any atom is 0.226 e. The van der Waals surface area contributed by atoms with E-state index in [0.717, 1.165) is 12.8 Å². The van der Waals surface area contributed by atoms with Crippen LogP contribution in [-0.2, 0) is 6.42 Å².